The molecule has 0 spiro atoms. The van der Waals surface area contributed by atoms with E-state index in [2.05, 4.69) is 29.1 Å². The van der Waals surface area contributed by atoms with Gasteiger partial charge in [-0.3, -0.25) is 4.40 Å². The van der Waals surface area contributed by atoms with E-state index in [0.29, 0.717) is 29.3 Å². The van der Waals surface area contributed by atoms with Crippen molar-refractivity contribution < 1.29 is 4.52 Å². The Kier molecular flexibility index (Phi) is 3.70. The second-order valence-corrected chi connectivity index (χ2v) is 7.03. The van der Waals surface area contributed by atoms with Gasteiger partial charge >= 0.3 is 5.69 Å². The fourth-order valence-electron chi connectivity index (χ4n) is 3.86. The van der Waals surface area contributed by atoms with Gasteiger partial charge in [-0.2, -0.15) is 4.98 Å². The molecule has 0 unspecified atom stereocenters. The van der Waals surface area contributed by atoms with Crippen LogP contribution in [0, 0.1) is 11.8 Å². The van der Waals surface area contributed by atoms with E-state index in [-0.39, 0.29) is 12.2 Å². The Morgan fingerprint density at radius 1 is 1.21 bits per heavy atom. The van der Waals surface area contributed by atoms with E-state index in [4.69, 9.17) is 4.52 Å². The van der Waals surface area contributed by atoms with Crippen molar-refractivity contribution in [3.05, 3.63) is 46.6 Å². The average Bonchev–Trinajstić information content (AvgIpc) is 3.13. The largest absolute Gasteiger partial charge is 0.350 e. The predicted octanol–water partition coefficient (Wildman–Crippen LogP) is 2.47. The summed E-state index contributed by atoms with van der Waals surface area (Å²) in [6, 6.07) is 5.45. The molecule has 0 bridgehead atoms. The molecule has 0 radical (unpaired) electrons. The lowest BCUT2D eigenvalue weighted by atomic mass is 9.76. The van der Waals surface area contributed by atoms with Crippen LogP contribution in [0.5, 0.6) is 0 Å². The molecule has 3 aromatic rings. The Balaban J connectivity index is 1.56. The van der Waals surface area contributed by atoms with Gasteiger partial charge in [0.1, 0.15) is 6.54 Å². The van der Waals surface area contributed by atoms with Crippen molar-refractivity contribution in [1.82, 2.24) is 24.3 Å². The van der Waals surface area contributed by atoms with Gasteiger partial charge in [-0.25, -0.2) is 9.48 Å². The fourth-order valence-corrected chi connectivity index (χ4v) is 3.86. The third-order valence-corrected chi connectivity index (χ3v) is 4.80. The standard InChI is InChI=1S/C17H21N5O2/c1-11-7-12(2)9-13(8-11)16-18-15(24-20-16)10-22-17(23)21-6-4-3-5-14(21)19-22/h3-6,11-13H,7-10H2,1-2H3/t11-,12-/m1/s1. The Hall–Kier alpha value is -2.44. The minimum Gasteiger partial charge on any atom is -0.337 e. The zero-order chi connectivity index (χ0) is 16.7. The normalized spacial score (nSPS) is 24.5. The molecule has 1 aliphatic rings. The molecule has 3 aromatic heterocycles. The molecule has 24 heavy (non-hydrogen) atoms. The number of aromatic nitrogens is 5. The Bertz CT molecular complexity index is 899. The van der Waals surface area contributed by atoms with Gasteiger partial charge in [0, 0.05) is 12.1 Å². The Morgan fingerprint density at radius 3 is 2.75 bits per heavy atom. The maximum absolute atomic E-state index is 12.3. The summed E-state index contributed by atoms with van der Waals surface area (Å²) in [6.07, 6.45) is 5.15. The molecular formula is C17H21N5O2. The topological polar surface area (TPSA) is 78.2 Å². The first-order valence-corrected chi connectivity index (χ1v) is 8.47. The molecule has 7 nitrogen and oxygen atoms in total. The molecule has 0 aromatic carbocycles. The van der Waals surface area contributed by atoms with Crippen LogP contribution in [0.1, 0.15) is 50.7 Å². The van der Waals surface area contributed by atoms with Crippen molar-refractivity contribution in [2.24, 2.45) is 11.8 Å². The van der Waals surface area contributed by atoms with Gasteiger partial charge in [-0.1, -0.05) is 25.1 Å². The van der Waals surface area contributed by atoms with Gasteiger partial charge in [-0.15, -0.1) is 5.10 Å². The number of hydrogen-bond donors (Lipinski definition) is 0. The molecule has 126 valence electrons. The zero-order valence-electron chi connectivity index (χ0n) is 13.9. The maximum Gasteiger partial charge on any atom is 0.350 e. The molecule has 0 aliphatic heterocycles. The van der Waals surface area contributed by atoms with Crippen LogP contribution in [0.15, 0.2) is 33.7 Å². The summed E-state index contributed by atoms with van der Waals surface area (Å²) in [5, 5.41) is 8.45. The molecule has 1 saturated carbocycles. The first-order valence-electron chi connectivity index (χ1n) is 8.47. The van der Waals surface area contributed by atoms with Crippen molar-refractivity contribution in [3.63, 3.8) is 0 Å². The first kappa shape index (κ1) is 15.1. The minimum absolute atomic E-state index is 0.200. The van der Waals surface area contributed by atoms with E-state index in [1.54, 1.807) is 18.3 Å². The molecule has 0 saturated heterocycles. The number of nitrogens with zero attached hydrogens (tertiary/aromatic N) is 5. The molecule has 0 amide bonds. The average molecular weight is 327 g/mol. The fraction of sp³-hybridized carbons (Fsp3) is 0.529. The number of hydrogen-bond acceptors (Lipinski definition) is 5. The van der Waals surface area contributed by atoms with Gasteiger partial charge in [0.2, 0.25) is 5.89 Å². The lowest BCUT2D eigenvalue weighted by Gasteiger charge is -2.29. The predicted molar refractivity (Wildman–Crippen MR) is 87.8 cm³/mol. The van der Waals surface area contributed by atoms with Crippen molar-refractivity contribution in [3.8, 4) is 0 Å². The summed E-state index contributed by atoms with van der Waals surface area (Å²) in [7, 11) is 0. The van der Waals surface area contributed by atoms with Gasteiger partial charge in [0.05, 0.1) is 0 Å². The maximum atomic E-state index is 12.3. The summed E-state index contributed by atoms with van der Waals surface area (Å²) < 4.78 is 8.23. The Labute approximate surface area is 139 Å². The van der Waals surface area contributed by atoms with Crippen molar-refractivity contribution in [2.45, 2.75) is 45.6 Å². The number of fused-ring (bicyclic) bond motifs is 1. The number of rotatable bonds is 3. The van der Waals surface area contributed by atoms with Gasteiger partial charge in [-0.05, 0) is 43.2 Å². The smallest absolute Gasteiger partial charge is 0.337 e. The zero-order valence-corrected chi connectivity index (χ0v) is 13.9. The van der Waals surface area contributed by atoms with E-state index in [1.165, 1.54) is 15.5 Å². The molecule has 0 N–H and O–H groups in total. The third-order valence-electron chi connectivity index (χ3n) is 4.80. The van der Waals surface area contributed by atoms with Crippen molar-refractivity contribution in [1.29, 1.82) is 0 Å². The van der Waals surface area contributed by atoms with Crippen LogP contribution in [-0.2, 0) is 6.54 Å². The molecule has 1 aliphatic carbocycles. The molecule has 4 rings (SSSR count). The third kappa shape index (κ3) is 2.74. The molecule has 1 fully saturated rings. The van der Waals surface area contributed by atoms with Gasteiger partial charge in [0.15, 0.2) is 11.5 Å². The molecule has 2 atom stereocenters. The van der Waals surface area contributed by atoms with Crippen LogP contribution >= 0.6 is 0 Å². The number of pyridine rings is 1. The Morgan fingerprint density at radius 2 is 2.00 bits per heavy atom. The van der Waals surface area contributed by atoms with E-state index < -0.39 is 0 Å². The van der Waals surface area contributed by atoms with Crippen LogP contribution in [0.3, 0.4) is 0 Å². The molecule has 3 heterocycles. The second kappa shape index (κ2) is 5.89. The van der Waals surface area contributed by atoms with Crippen LogP contribution in [0.2, 0.25) is 0 Å². The molecular weight excluding hydrogens is 306 g/mol. The summed E-state index contributed by atoms with van der Waals surface area (Å²) in [6.45, 7) is 4.76. The van der Waals surface area contributed by atoms with E-state index >= 15 is 0 Å². The van der Waals surface area contributed by atoms with E-state index in [9.17, 15) is 4.79 Å². The van der Waals surface area contributed by atoms with Crippen LogP contribution in [0.25, 0.3) is 5.65 Å². The SMILES string of the molecule is C[C@H]1CC(c2noc(Cn3nc4ccccn4c3=O)n2)C[C@H](C)C1. The van der Waals surface area contributed by atoms with Gasteiger partial charge in [0.25, 0.3) is 0 Å². The highest BCUT2D eigenvalue weighted by Gasteiger charge is 2.28. The summed E-state index contributed by atoms with van der Waals surface area (Å²) in [5.41, 5.74) is 0.405. The highest BCUT2D eigenvalue weighted by Crippen LogP contribution is 2.37. The highest BCUT2D eigenvalue weighted by atomic mass is 16.5. The summed E-state index contributed by atoms with van der Waals surface area (Å²) in [5.74, 6) is 2.91. The lowest BCUT2D eigenvalue weighted by Crippen LogP contribution is -2.22. The summed E-state index contributed by atoms with van der Waals surface area (Å²) >= 11 is 0. The second-order valence-electron chi connectivity index (χ2n) is 7.03. The first-order chi connectivity index (χ1) is 11.6. The van der Waals surface area contributed by atoms with E-state index in [1.807, 2.05) is 6.07 Å². The monoisotopic (exact) mass is 327 g/mol. The highest BCUT2D eigenvalue weighted by molar-refractivity contribution is 5.35. The molecule has 7 heteroatoms. The van der Waals surface area contributed by atoms with Crippen molar-refractivity contribution >= 4 is 5.65 Å². The van der Waals surface area contributed by atoms with Crippen molar-refractivity contribution in [2.75, 3.05) is 0 Å². The van der Waals surface area contributed by atoms with E-state index in [0.717, 1.165) is 18.7 Å². The quantitative estimate of drug-likeness (QED) is 0.738. The van der Waals surface area contributed by atoms with Crippen LogP contribution in [-0.4, -0.2) is 24.3 Å². The summed E-state index contributed by atoms with van der Waals surface area (Å²) in [4.78, 5) is 16.8. The lowest BCUT2D eigenvalue weighted by molar-refractivity contribution is 0.257. The van der Waals surface area contributed by atoms with Crippen LogP contribution in [0.4, 0.5) is 0 Å². The minimum atomic E-state index is -0.203. The van der Waals surface area contributed by atoms with Crippen LogP contribution < -0.4 is 5.69 Å². The van der Waals surface area contributed by atoms with Gasteiger partial charge < -0.3 is 4.52 Å².